The van der Waals surface area contributed by atoms with Crippen LogP contribution in [-0.2, 0) is 11.2 Å². The highest BCUT2D eigenvalue weighted by atomic mass is 16.1. The average molecular weight is 162 g/mol. The Kier molecular flexibility index (Phi) is 6.85. The van der Waals surface area contributed by atoms with E-state index >= 15 is 0 Å². The van der Waals surface area contributed by atoms with E-state index in [0.717, 1.165) is 12.7 Å². The second kappa shape index (κ2) is 7.73. The van der Waals surface area contributed by atoms with Gasteiger partial charge in [0.05, 0.1) is 0 Å². The second-order valence-electron chi connectivity index (χ2n) is 2.19. The third-order valence-electron chi connectivity index (χ3n) is 1.39. The summed E-state index contributed by atoms with van der Waals surface area (Å²) in [4.78, 5) is 9.98. The van der Waals surface area contributed by atoms with E-state index in [4.69, 9.17) is 0 Å². The Morgan fingerprint density at radius 3 is 2.25 bits per heavy atom. The lowest BCUT2D eigenvalue weighted by Crippen LogP contribution is -1.83. The molecule has 0 aliphatic heterocycles. The minimum Gasteiger partial charge on any atom is -0.303 e. The molecule has 1 heteroatoms. The fraction of sp³-hybridized carbons (Fsp3) is 0.182. The van der Waals surface area contributed by atoms with Gasteiger partial charge in [-0.25, -0.2) is 0 Å². The predicted molar refractivity (Wildman–Crippen MR) is 52.1 cm³/mol. The summed E-state index contributed by atoms with van der Waals surface area (Å²) < 4.78 is 0. The van der Waals surface area contributed by atoms with Gasteiger partial charge in [-0.3, -0.25) is 0 Å². The number of aldehydes is 1. The first-order valence-electron chi connectivity index (χ1n) is 3.91. The van der Waals surface area contributed by atoms with Gasteiger partial charge in [-0.2, -0.15) is 0 Å². The summed E-state index contributed by atoms with van der Waals surface area (Å²) in [7, 11) is 0. The van der Waals surface area contributed by atoms with Crippen LogP contribution in [0.5, 0.6) is 0 Å². The maximum absolute atomic E-state index is 9.98. The number of rotatable bonds is 3. The van der Waals surface area contributed by atoms with Crippen molar-refractivity contribution in [3.8, 4) is 0 Å². The highest BCUT2D eigenvalue weighted by Crippen LogP contribution is 1.99. The van der Waals surface area contributed by atoms with Gasteiger partial charge in [0.15, 0.2) is 0 Å². The van der Waals surface area contributed by atoms with Crippen LogP contribution in [-0.4, -0.2) is 6.29 Å². The fourth-order valence-corrected chi connectivity index (χ4v) is 0.870. The average Bonchev–Trinajstić information content (AvgIpc) is 2.19. The van der Waals surface area contributed by atoms with Crippen molar-refractivity contribution < 1.29 is 4.79 Å². The summed E-state index contributed by atoms with van der Waals surface area (Å²) in [5.74, 6) is 0. The molecule has 0 unspecified atom stereocenters. The number of hydrogen-bond acceptors (Lipinski definition) is 1. The molecule has 0 N–H and O–H groups in total. The lowest BCUT2D eigenvalue weighted by molar-refractivity contribution is -0.107. The van der Waals surface area contributed by atoms with Gasteiger partial charge in [0.1, 0.15) is 6.29 Å². The van der Waals surface area contributed by atoms with Crippen LogP contribution >= 0.6 is 0 Å². The molecule has 12 heavy (non-hydrogen) atoms. The van der Waals surface area contributed by atoms with Gasteiger partial charge >= 0.3 is 0 Å². The monoisotopic (exact) mass is 162 g/mol. The second-order valence-corrected chi connectivity index (χ2v) is 2.19. The molecule has 1 aromatic rings. The van der Waals surface area contributed by atoms with Gasteiger partial charge < -0.3 is 4.79 Å². The lowest BCUT2D eigenvalue weighted by atomic mass is 10.1. The van der Waals surface area contributed by atoms with Crippen molar-refractivity contribution >= 4 is 6.29 Å². The summed E-state index contributed by atoms with van der Waals surface area (Å²) >= 11 is 0. The third-order valence-corrected chi connectivity index (χ3v) is 1.39. The fourth-order valence-electron chi connectivity index (χ4n) is 0.870. The van der Waals surface area contributed by atoms with Gasteiger partial charge in [-0.05, 0) is 12.0 Å². The molecule has 0 heterocycles. The van der Waals surface area contributed by atoms with Crippen molar-refractivity contribution in [3.05, 3.63) is 49.1 Å². The maximum Gasteiger partial charge on any atom is 0.120 e. The number of carbonyl (C=O) groups excluding carboxylic acids is 1. The molecule has 0 aliphatic rings. The molecular formula is C11H14O. The molecule has 1 nitrogen and oxygen atoms in total. The SMILES string of the molecule is C=C.O=CCCc1ccccc1. The summed E-state index contributed by atoms with van der Waals surface area (Å²) in [5.41, 5.74) is 1.23. The van der Waals surface area contributed by atoms with Crippen LogP contribution in [0.4, 0.5) is 0 Å². The number of carbonyl (C=O) groups is 1. The molecule has 0 aliphatic carbocycles. The van der Waals surface area contributed by atoms with Crippen LogP contribution in [0.1, 0.15) is 12.0 Å². The first-order chi connectivity index (χ1) is 5.93. The van der Waals surface area contributed by atoms with Gasteiger partial charge in [-0.15, -0.1) is 13.2 Å². The van der Waals surface area contributed by atoms with Crippen molar-refractivity contribution in [2.24, 2.45) is 0 Å². The molecule has 0 spiro atoms. The Bertz CT molecular complexity index is 204. The smallest absolute Gasteiger partial charge is 0.120 e. The first-order valence-corrected chi connectivity index (χ1v) is 3.91. The van der Waals surface area contributed by atoms with E-state index in [2.05, 4.69) is 13.2 Å². The molecule has 0 atom stereocenters. The van der Waals surface area contributed by atoms with Crippen molar-refractivity contribution in [1.29, 1.82) is 0 Å². The molecule has 0 bridgehead atoms. The third kappa shape index (κ3) is 4.45. The Morgan fingerprint density at radius 1 is 1.17 bits per heavy atom. The number of benzene rings is 1. The van der Waals surface area contributed by atoms with Crippen molar-refractivity contribution in [2.45, 2.75) is 12.8 Å². The Labute approximate surface area is 73.7 Å². The van der Waals surface area contributed by atoms with Gasteiger partial charge in [0.25, 0.3) is 0 Å². The Morgan fingerprint density at radius 2 is 1.75 bits per heavy atom. The standard InChI is InChI=1S/C9H10O.C2H4/c10-8-4-7-9-5-2-1-3-6-9;1-2/h1-3,5-6,8H,4,7H2;1-2H2. The Balaban J connectivity index is 0.000000561. The van der Waals surface area contributed by atoms with E-state index in [1.165, 1.54) is 5.56 Å². The maximum atomic E-state index is 9.98. The first kappa shape index (κ1) is 10.6. The summed E-state index contributed by atoms with van der Waals surface area (Å²) in [5, 5.41) is 0. The quantitative estimate of drug-likeness (QED) is 0.493. The molecule has 0 aromatic heterocycles. The zero-order valence-corrected chi connectivity index (χ0v) is 7.20. The van der Waals surface area contributed by atoms with E-state index in [9.17, 15) is 4.79 Å². The largest absolute Gasteiger partial charge is 0.303 e. The van der Waals surface area contributed by atoms with Crippen LogP contribution in [0.2, 0.25) is 0 Å². The molecule has 0 saturated carbocycles. The van der Waals surface area contributed by atoms with E-state index in [-0.39, 0.29) is 0 Å². The number of aryl methyl sites for hydroxylation is 1. The summed E-state index contributed by atoms with van der Waals surface area (Å²) in [6.07, 6.45) is 2.45. The molecule has 0 radical (unpaired) electrons. The topological polar surface area (TPSA) is 17.1 Å². The zero-order valence-electron chi connectivity index (χ0n) is 7.20. The summed E-state index contributed by atoms with van der Waals surface area (Å²) in [6, 6.07) is 10.0. The van der Waals surface area contributed by atoms with E-state index in [0.29, 0.717) is 6.42 Å². The highest BCUT2D eigenvalue weighted by Gasteiger charge is 1.87. The summed E-state index contributed by atoms with van der Waals surface area (Å²) in [6.45, 7) is 6.00. The Hall–Kier alpha value is -1.37. The van der Waals surface area contributed by atoms with Crippen LogP contribution in [0, 0.1) is 0 Å². The van der Waals surface area contributed by atoms with Crippen LogP contribution in [0.25, 0.3) is 0 Å². The normalized spacial score (nSPS) is 8.00. The van der Waals surface area contributed by atoms with Crippen LogP contribution < -0.4 is 0 Å². The predicted octanol–water partition coefficient (Wildman–Crippen LogP) is 2.62. The molecule has 0 saturated heterocycles. The van der Waals surface area contributed by atoms with E-state index in [1.807, 2.05) is 30.3 Å². The molecule has 0 fully saturated rings. The van der Waals surface area contributed by atoms with E-state index < -0.39 is 0 Å². The lowest BCUT2D eigenvalue weighted by Gasteiger charge is -1.93. The minimum atomic E-state index is 0.629. The molecule has 0 amide bonds. The van der Waals surface area contributed by atoms with Gasteiger partial charge in [0, 0.05) is 6.42 Å². The van der Waals surface area contributed by atoms with E-state index in [1.54, 1.807) is 0 Å². The molecule has 1 rings (SSSR count). The van der Waals surface area contributed by atoms with Crippen molar-refractivity contribution in [1.82, 2.24) is 0 Å². The number of hydrogen-bond donors (Lipinski definition) is 0. The van der Waals surface area contributed by atoms with Gasteiger partial charge in [0.2, 0.25) is 0 Å². The van der Waals surface area contributed by atoms with Crippen molar-refractivity contribution in [2.75, 3.05) is 0 Å². The molecular weight excluding hydrogens is 148 g/mol. The van der Waals surface area contributed by atoms with Crippen LogP contribution in [0.15, 0.2) is 43.5 Å². The molecule has 1 aromatic carbocycles. The zero-order chi connectivity index (χ0) is 9.23. The van der Waals surface area contributed by atoms with Gasteiger partial charge in [-0.1, -0.05) is 30.3 Å². The van der Waals surface area contributed by atoms with Crippen molar-refractivity contribution in [3.63, 3.8) is 0 Å². The highest BCUT2D eigenvalue weighted by molar-refractivity contribution is 5.49. The van der Waals surface area contributed by atoms with Crippen LogP contribution in [0.3, 0.4) is 0 Å². The molecule has 64 valence electrons. The minimum absolute atomic E-state index is 0.629.